The molecule has 6 aromatic rings. The Balaban J connectivity index is 1.28. The molecule has 0 spiro atoms. The molecule has 0 aliphatic carbocycles. The molecule has 3 aromatic carbocycles. The SMILES string of the molecule is C=C/C=C\c1c(/C=N\C=C)c(C)n(-c2ccc(Oc3ccc(-n4c5ccccc5c5cnccc54)cc3)cc2)c1C. The van der Waals surface area contributed by atoms with Crippen LogP contribution in [0, 0.1) is 13.8 Å². The Labute approximate surface area is 239 Å². The van der Waals surface area contributed by atoms with E-state index in [9.17, 15) is 0 Å². The first-order valence-electron chi connectivity index (χ1n) is 13.5. The van der Waals surface area contributed by atoms with Crippen LogP contribution in [0.5, 0.6) is 11.5 Å². The molecule has 0 aliphatic rings. The number of pyridine rings is 1. The zero-order chi connectivity index (χ0) is 28.3. The number of ether oxygens (including phenoxy) is 1. The second kappa shape index (κ2) is 11.0. The van der Waals surface area contributed by atoms with Crippen LogP contribution in [0.25, 0.3) is 39.3 Å². The van der Waals surface area contributed by atoms with Gasteiger partial charge in [0.15, 0.2) is 0 Å². The summed E-state index contributed by atoms with van der Waals surface area (Å²) < 4.78 is 10.7. The highest BCUT2D eigenvalue weighted by molar-refractivity contribution is 6.08. The summed E-state index contributed by atoms with van der Waals surface area (Å²) in [5.41, 5.74) is 8.78. The third-order valence-electron chi connectivity index (χ3n) is 7.35. The summed E-state index contributed by atoms with van der Waals surface area (Å²) >= 11 is 0. The van der Waals surface area contributed by atoms with Crippen molar-refractivity contribution in [3.63, 3.8) is 0 Å². The fourth-order valence-corrected chi connectivity index (χ4v) is 5.49. The molecule has 0 amide bonds. The molecule has 0 radical (unpaired) electrons. The quantitative estimate of drug-likeness (QED) is 0.144. The third-order valence-corrected chi connectivity index (χ3v) is 7.35. The lowest BCUT2D eigenvalue weighted by Gasteiger charge is -2.12. The number of hydrogen-bond donors (Lipinski definition) is 0. The van der Waals surface area contributed by atoms with E-state index in [-0.39, 0.29) is 0 Å². The van der Waals surface area contributed by atoms with E-state index in [1.165, 1.54) is 5.39 Å². The second-order valence-electron chi connectivity index (χ2n) is 9.72. The number of allylic oxidation sites excluding steroid dienone is 2. The molecular weight excluding hydrogens is 504 g/mol. The minimum Gasteiger partial charge on any atom is -0.457 e. The number of para-hydroxylation sites is 1. The lowest BCUT2D eigenvalue weighted by Crippen LogP contribution is -1.99. The average molecular weight is 535 g/mol. The summed E-state index contributed by atoms with van der Waals surface area (Å²) in [7, 11) is 0. The zero-order valence-electron chi connectivity index (χ0n) is 23.2. The van der Waals surface area contributed by atoms with Crippen LogP contribution in [0.15, 0.2) is 128 Å². The molecule has 5 nitrogen and oxygen atoms in total. The van der Waals surface area contributed by atoms with Gasteiger partial charge >= 0.3 is 0 Å². The smallest absolute Gasteiger partial charge is 0.127 e. The standard InChI is InChI=1S/C36H30N4O/c1-5-7-10-31-25(3)39(26(4)33(31)23-37-6-2)27-13-17-29(18-14-27)41-30-19-15-28(16-20-30)40-35-12-9-8-11-32(35)34-24-38-22-21-36(34)40/h5-24H,1-2H2,3-4H3/b10-7-,37-23-. The molecule has 3 aromatic heterocycles. The Bertz CT molecular complexity index is 1860. The normalized spacial score (nSPS) is 11.7. The Morgan fingerprint density at radius 3 is 2.05 bits per heavy atom. The van der Waals surface area contributed by atoms with Gasteiger partial charge in [0.25, 0.3) is 0 Å². The van der Waals surface area contributed by atoms with Gasteiger partial charge in [0.2, 0.25) is 0 Å². The summed E-state index contributed by atoms with van der Waals surface area (Å²) in [5.74, 6) is 1.55. The summed E-state index contributed by atoms with van der Waals surface area (Å²) in [6.45, 7) is 11.7. The number of fused-ring (bicyclic) bond motifs is 3. The van der Waals surface area contributed by atoms with Gasteiger partial charge in [0.05, 0.1) is 11.0 Å². The molecule has 200 valence electrons. The van der Waals surface area contributed by atoms with Crippen molar-refractivity contribution in [3.8, 4) is 22.9 Å². The van der Waals surface area contributed by atoms with Crippen LogP contribution in [0.4, 0.5) is 0 Å². The lowest BCUT2D eigenvalue weighted by atomic mass is 10.1. The Hall–Kier alpha value is -5.42. The largest absolute Gasteiger partial charge is 0.457 e. The van der Waals surface area contributed by atoms with Crippen LogP contribution in [0.2, 0.25) is 0 Å². The molecule has 0 N–H and O–H groups in total. The number of nitrogens with zero attached hydrogens (tertiary/aromatic N) is 4. The van der Waals surface area contributed by atoms with Gasteiger partial charge in [-0.15, -0.1) is 0 Å². The molecule has 0 unspecified atom stereocenters. The monoisotopic (exact) mass is 534 g/mol. The van der Waals surface area contributed by atoms with E-state index >= 15 is 0 Å². The van der Waals surface area contributed by atoms with E-state index in [1.54, 1.807) is 12.3 Å². The van der Waals surface area contributed by atoms with Crippen LogP contribution in [0.1, 0.15) is 22.5 Å². The molecule has 0 bridgehead atoms. The van der Waals surface area contributed by atoms with Crippen molar-refractivity contribution in [3.05, 3.63) is 145 Å². The third kappa shape index (κ3) is 4.68. The van der Waals surface area contributed by atoms with Crippen molar-refractivity contribution in [2.75, 3.05) is 0 Å². The van der Waals surface area contributed by atoms with Crippen LogP contribution in [-0.2, 0) is 0 Å². The Kier molecular flexibility index (Phi) is 6.92. The first kappa shape index (κ1) is 25.8. The summed E-state index contributed by atoms with van der Waals surface area (Å²) in [5, 5.41) is 2.33. The minimum absolute atomic E-state index is 0.770. The van der Waals surface area contributed by atoms with Gasteiger partial charge in [-0.05, 0) is 74.5 Å². The molecule has 5 heteroatoms. The molecule has 0 saturated heterocycles. The molecular formula is C36H30N4O. The van der Waals surface area contributed by atoms with E-state index in [1.807, 2.05) is 48.9 Å². The number of aromatic nitrogens is 3. The van der Waals surface area contributed by atoms with Crippen molar-refractivity contribution >= 4 is 34.1 Å². The molecule has 6 rings (SSSR count). The van der Waals surface area contributed by atoms with Crippen molar-refractivity contribution in [1.82, 2.24) is 14.1 Å². The molecule has 0 aliphatic heterocycles. The van der Waals surface area contributed by atoms with Crippen LogP contribution in [0.3, 0.4) is 0 Å². The zero-order valence-corrected chi connectivity index (χ0v) is 23.2. The van der Waals surface area contributed by atoms with Crippen LogP contribution >= 0.6 is 0 Å². The number of rotatable bonds is 8. The molecule has 0 atom stereocenters. The minimum atomic E-state index is 0.770. The first-order chi connectivity index (χ1) is 20.1. The average Bonchev–Trinajstić information content (AvgIpc) is 3.46. The molecule has 0 fully saturated rings. The fraction of sp³-hybridized carbons (Fsp3) is 0.0556. The predicted octanol–water partition coefficient (Wildman–Crippen LogP) is 9.14. The van der Waals surface area contributed by atoms with Crippen molar-refractivity contribution in [2.45, 2.75) is 13.8 Å². The van der Waals surface area contributed by atoms with Gasteiger partial charge in [-0.3, -0.25) is 9.98 Å². The first-order valence-corrected chi connectivity index (χ1v) is 13.5. The van der Waals surface area contributed by atoms with E-state index in [4.69, 9.17) is 4.74 Å². The summed E-state index contributed by atoms with van der Waals surface area (Å²) in [6, 6.07) is 26.8. The van der Waals surface area contributed by atoms with E-state index < -0.39 is 0 Å². The highest BCUT2D eigenvalue weighted by Crippen LogP contribution is 2.33. The van der Waals surface area contributed by atoms with Gasteiger partial charge in [-0.2, -0.15) is 0 Å². The van der Waals surface area contributed by atoms with E-state index in [2.05, 4.69) is 107 Å². The summed E-state index contributed by atoms with van der Waals surface area (Å²) in [6.07, 6.45) is 13.0. The van der Waals surface area contributed by atoms with Gasteiger partial charge in [0, 0.05) is 69.5 Å². The Morgan fingerprint density at radius 2 is 1.37 bits per heavy atom. The van der Waals surface area contributed by atoms with Crippen molar-refractivity contribution in [2.24, 2.45) is 4.99 Å². The molecule has 3 heterocycles. The Morgan fingerprint density at radius 1 is 0.732 bits per heavy atom. The number of hydrogen-bond acceptors (Lipinski definition) is 3. The van der Waals surface area contributed by atoms with Crippen LogP contribution < -0.4 is 4.74 Å². The molecule has 0 saturated carbocycles. The van der Waals surface area contributed by atoms with E-state index in [0.717, 1.165) is 61.8 Å². The van der Waals surface area contributed by atoms with Crippen LogP contribution in [-0.4, -0.2) is 20.3 Å². The van der Waals surface area contributed by atoms with Gasteiger partial charge in [0.1, 0.15) is 11.5 Å². The maximum absolute atomic E-state index is 6.23. The molecule has 41 heavy (non-hydrogen) atoms. The fourth-order valence-electron chi connectivity index (χ4n) is 5.49. The van der Waals surface area contributed by atoms with Gasteiger partial charge < -0.3 is 13.9 Å². The van der Waals surface area contributed by atoms with E-state index in [0.29, 0.717) is 0 Å². The number of benzene rings is 3. The van der Waals surface area contributed by atoms with Gasteiger partial charge in [-0.1, -0.05) is 49.6 Å². The van der Waals surface area contributed by atoms with Crippen molar-refractivity contribution < 1.29 is 4.74 Å². The lowest BCUT2D eigenvalue weighted by molar-refractivity contribution is 0.482. The maximum Gasteiger partial charge on any atom is 0.127 e. The second-order valence-corrected chi connectivity index (χ2v) is 9.72. The predicted molar refractivity (Wildman–Crippen MR) is 171 cm³/mol. The topological polar surface area (TPSA) is 44.3 Å². The summed E-state index contributed by atoms with van der Waals surface area (Å²) in [4.78, 5) is 8.62. The number of aliphatic imine (C=N–C) groups is 1. The van der Waals surface area contributed by atoms with Gasteiger partial charge in [-0.25, -0.2) is 0 Å². The highest BCUT2D eigenvalue weighted by Gasteiger charge is 2.16. The maximum atomic E-state index is 6.23. The highest BCUT2D eigenvalue weighted by atomic mass is 16.5. The van der Waals surface area contributed by atoms with Crippen molar-refractivity contribution in [1.29, 1.82) is 0 Å².